The first kappa shape index (κ1) is 10.3. The number of halogens is 1. The first-order chi connectivity index (χ1) is 6.27. The van der Waals surface area contributed by atoms with E-state index in [9.17, 15) is 0 Å². The van der Waals surface area contributed by atoms with Gasteiger partial charge in [-0.2, -0.15) is 0 Å². The number of nitrogens with two attached hydrogens (primary N) is 1. The highest BCUT2D eigenvalue weighted by Gasteiger charge is 2.00. The number of nitrogens with one attached hydrogen (secondary N) is 1. The van der Waals surface area contributed by atoms with Crippen LogP contribution in [-0.2, 0) is 6.54 Å². The summed E-state index contributed by atoms with van der Waals surface area (Å²) in [6, 6.07) is 5.58. The molecule has 0 atom stereocenters. The second kappa shape index (κ2) is 5.07. The van der Waals surface area contributed by atoms with Crippen LogP contribution in [0.3, 0.4) is 0 Å². The minimum Gasteiger partial charge on any atom is -0.497 e. The summed E-state index contributed by atoms with van der Waals surface area (Å²) in [6.45, 7) is 1.13. The zero-order valence-corrected chi connectivity index (χ0v) is 8.27. The lowest BCUT2D eigenvalue weighted by Crippen LogP contribution is -2.21. The summed E-state index contributed by atoms with van der Waals surface area (Å²) >= 11 is 5.98. The summed E-state index contributed by atoms with van der Waals surface area (Å²) in [7, 11) is 1.61. The van der Waals surface area contributed by atoms with Gasteiger partial charge in [0.1, 0.15) is 5.75 Å². The van der Waals surface area contributed by atoms with E-state index < -0.39 is 0 Å². The van der Waals surface area contributed by atoms with Gasteiger partial charge in [0.05, 0.1) is 7.11 Å². The van der Waals surface area contributed by atoms with E-state index >= 15 is 0 Å². The summed E-state index contributed by atoms with van der Waals surface area (Å²) in [5.74, 6) is 0.765. The average Bonchev–Trinajstić information content (AvgIpc) is 2.16. The van der Waals surface area contributed by atoms with Crippen molar-refractivity contribution in [1.82, 2.24) is 5.32 Å². The number of rotatable bonds is 4. The van der Waals surface area contributed by atoms with E-state index in [1.165, 1.54) is 0 Å². The van der Waals surface area contributed by atoms with E-state index in [2.05, 4.69) is 5.32 Å². The number of benzene rings is 1. The van der Waals surface area contributed by atoms with E-state index in [1.807, 2.05) is 12.1 Å². The molecule has 3 nitrogen and oxygen atoms in total. The number of hydrogen-bond acceptors (Lipinski definition) is 3. The van der Waals surface area contributed by atoms with Gasteiger partial charge in [0.25, 0.3) is 0 Å². The Balaban J connectivity index is 2.73. The second-order valence-electron chi connectivity index (χ2n) is 2.59. The quantitative estimate of drug-likeness (QED) is 0.722. The molecule has 13 heavy (non-hydrogen) atoms. The highest BCUT2D eigenvalue weighted by atomic mass is 35.5. The molecule has 0 aliphatic carbocycles. The zero-order valence-electron chi connectivity index (χ0n) is 7.51. The predicted octanol–water partition coefficient (Wildman–Crippen LogP) is 1.35. The van der Waals surface area contributed by atoms with Crippen LogP contribution in [0.4, 0.5) is 0 Å². The van der Waals surface area contributed by atoms with Gasteiger partial charge >= 0.3 is 0 Å². The monoisotopic (exact) mass is 200 g/mol. The molecule has 1 aromatic carbocycles. The molecule has 0 aliphatic rings. The predicted molar refractivity (Wildman–Crippen MR) is 53.9 cm³/mol. The van der Waals surface area contributed by atoms with Gasteiger partial charge < -0.3 is 15.8 Å². The van der Waals surface area contributed by atoms with Crippen LogP contribution in [0.5, 0.6) is 5.75 Å². The lowest BCUT2D eigenvalue weighted by atomic mass is 10.2. The Morgan fingerprint density at radius 1 is 1.54 bits per heavy atom. The van der Waals surface area contributed by atoms with Gasteiger partial charge in [-0.3, -0.25) is 0 Å². The molecule has 72 valence electrons. The standard InChI is InChI=1S/C9H13ClN2O/c1-13-8-3-2-7(5-12-6-11)9(10)4-8/h2-4,12H,5-6,11H2,1H3. The molecule has 0 bridgehead atoms. The van der Waals surface area contributed by atoms with Crippen LogP contribution in [0.1, 0.15) is 5.56 Å². The molecule has 4 heteroatoms. The van der Waals surface area contributed by atoms with Crippen molar-refractivity contribution in [2.75, 3.05) is 13.8 Å². The average molecular weight is 201 g/mol. The van der Waals surface area contributed by atoms with Crippen LogP contribution in [0, 0.1) is 0 Å². The molecule has 0 aliphatic heterocycles. The lowest BCUT2D eigenvalue weighted by molar-refractivity contribution is 0.414. The molecule has 0 radical (unpaired) electrons. The summed E-state index contributed by atoms with van der Waals surface area (Å²) < 4.78 is 5.02. The van der Waals surface area contributed by atoms with Crippen molar-refractivity contribution in [2.45, 2.75) is 6.54 Å². The van der Waals surface area contributed by atoms with Crippen molar-refractivity contribution in [2.24, 2.45) is 5.73 Å². The molecule has 0 aromatic heterocycles. The number of ether oxygens (including phenoxy) is 1. The molecule has 0 fully saturated rings. The second-order valence-corrected chi connectivity index (χ2v) is 3.00. The van der Waals surface area contributed by atoms with Crippen LogP contribution < -0.4 is 15.8 Å². The third-order valence-corrected chi connectivity index (χ3v) is 2.07. The van der Waals surface area contributed by atoms with E-state index in [0.717, 1.165) is 11.3 Å². The third kappa shape index (κ3) is 2.88. The third-order valence-electron chi connectivity index (χ3n) is 1.72. The Bertz CT molecular complexity index is 278. The number of hydrogen-bond donors (Lipinski definition) is 2. The van der Waals surface area contributed by atoms with Crippen LogP contribution in [0.25, 0.3) is 0 Å². The fourth-order valence-corrected chi connectivity index (χ4v) is 1.24. The van der Waals surface area contributed by atoms with Gasteiger partial charge in [0, 0.05) is 18.2 Å². The smallest absolute Gasteiger partial charge is 0.120 e. The van der Waals surface area contributed by atoms with E-state index in [0.29, 0.717) is 18.2 Å². The largest absolute Gasteiger partial charge is 0.497 e. The summed E-state index contributed by atoms with van der Waals surface area (Å²) in [5.41, 5.74) is 6.32. The van der Waals surface area contributed by atoms with Gasteiger partial charge in [-0.25, -0.2) is 0 Å². The van der Waals surface area contributed by atoms with Crippen LogP contribution in [0.2, 0.25) is 5.02 Å². The highest BCUT2D eigenvalue weighted by Crippen LogP contribution is 2.21. The summed E-state index contributed by atoms with van der Waals surface area (Å²) in [6.07, 6.45) is 0. The molecule has 0 saturated heterocycles. The normalized spacial score (nSPS) is 10.1. The van der Waals surface area contributed by atoms with Crippen molar-refractivity contribution >= 4 is 11.6 Å². The molecular formula is C9H13ClN2O. The lowest BCUT2D eigenvalue weighted by Gasteiger charge is -2.06. The maximum Gasteiger partial charge on any atom is 0.120 e. The van der Waals surface area contributed by atoms with E-state index in [-0.39, 0.29) is 0 Å². The van der Waals surface area contributed by atoms with Gasteiger partial charge in [-0.1, -0.05) is 17.7 Å². The Labute approximate surface area is 82.8 Å². The first-order valence-corrected chi connectivity index (χ1v) is 4.39. The van der Waals surface area contributed by atoms with E-state index in [4.69, 9.17) is 22.1 Å². The van der Waals surface area contributed by atoms with Crippen molar-refractivity contribution < 1.29 is 4.74 Å². The maximum absolute atomic E-state index is 5.98. The molecule has 0 heterocycles. The fourth-order valence-electron chi connectivity index (χ4n) is 1.01. The van der Waals surface area contributed by atoms with Crippen LogP contribution in [0.15, 0.2) is 18.2 Å². The van der Waals surface area contributed by atoms with E-state index in [1.54, 1.807) is 13.2 Å². The molecule has 1 aromatic rings. The molecule has 0 amide bonds. The minimum atomic E-state index is 0.447. The van der Waals surface area contributed by atoms with Gasteiger partial charge in [-0.05, 0) is 17.7 Å². The Morgan fingerprint density at radius 3 is 2.85 bits per heavy atom. The summed E-state index contributed by atoms with van der Waals surface area (Å²) in [4.78, 5) is 0. The van der Waals surface area contributed by atoms with Crippen LogP contribution >= 0.6 is 11.6 Å². The first-order valence-electron chi connectivity index (χ1n) is 4.01. The SMILES string of the molecule is COc1ccc(CNCN)c(Cl)c1. The van der Waals surface area contributed by atoms with Gasteiger partial charge in [0.15, 0.2) is 0 Å². The fraction of sp³-hybridized carbons (Fsp3) is 0.333. The topological polar surface area (TPSA) is 47.3 Å². The van der Waals surface area contributed by atoms with Crippen molar-refractivity contribution in [3.05, 3.63) is 28.8 Å². The molecule has 3 N–H and O–H groups in total. The van der Waals surface area contributed by atoms with Crippen LogP contribution in [-0.4, -0.2) is 13.8 Å². The molecular weight excluding hydrogens is 188 g/mol. The Hall–Kier alpha value is -0.770. The molecule has 0 spiro atoms. The minimum absolute atomic E-state index is 0.447. The summed E-state index contributed by atoms with van der Waals surface area (Å²) in [5, 5.41) is 3.69. The van der Waals surface area contributed by atoms with Gasteiger partial charge in [-0.15, -0.1) is 0 Å². The zero-order chi connectivity index (χ0) is 9.68. The molecule has 0 saturated carbocycles. The van der Waals surface area contributed by atoms with Gasteiger partial charge in [0.2, 0.25) is 0 Å². The van der Waals surface area contributed by atoms with Crippen molar-refractivity contribution in [3.8, 4) is 5.75 Å². The van der Waals surface area contributed by atoms with Crippen molar-refractivity contribution in [3.63, 3.8) is 0 Å². The maximum atomic E-state index is 5.98. The molecule has 1 rings (SSSR count). The highest BCUT2D eigenvalue weighted by molar-refractivity contribution is 6.31. The molecule has 0 unspecified atom stereocenters. The van der Waals surface area contributed by atoms with Crippen molar-refractivity contribution in [1.29, 1.82) is 0 Å². The Morgan fingerprint density at radius 2 is 2.31 bits per heavy atom. The number of methoxy groups -OCH3 is 1. The Kier molecular flexibility index (Phi) is 4.02.